The number of amides is 1. The first-order chi connectivity index (χ1) is 5.79. The largest absolute Gasteiger partial charge is 0.361 e. The Morgan fingerprint density at radius 2 is 2.00 bits per heavy atom. The third kappa shape index (κ3) is 4.00. The molecular weight excluding hydrogens is 170 g/mol. The molecular formula is C9H17NOS. The molecule has 1 fully saturated rings. The Balaban J connectivity index is 2.01. The van der Waals surface area contributed by atoms with Crippen LogP contribution in [0.25, 0.3) is 0 Å². The van der Waals surface area contributed by atoms with Crippen molar-refractivity contribution >= 4 is 17.0 Å². The van der Waals surface area contributed by atoms with E-state index >= 15 is 0 Å². The number of primary amides is 1. The lowest BCUT2D eigenvalue weighted by Gasteiger charge is -2.20. The summed E-state index contributed by atoms with van der Waals surface area (Å²) in [5.74, 6) is 1.78. The van der Waals surface area contributed by atoms with Crippen LogP contribution in [0.5, 0.6) is 0 Å². The third-order valence-electron chi connectivity index (χ3n) is 2.50. The van der Waals surface area contributed by atoms with Gasteiger partial charge in [-0.1, -0.05) is 43.9 Å². The van der Waals surface area contributed by atoms with Gasteiger partial charge in [-0.15, -0.1) is 0 Å². The Bertz CT molecular complexity index is 143. The highest BCUT2D eigenvalue weighted by Crippen LogP contribution is 2.27. The van der Waals surface area contributed by atoms with Crippen molar-refractivity contribution in [1.82, 2.24) is 0 Å². The zero-order chi connectivity index (χ0) is 8.81. The third-order valence-corrected chi connectivity index (χ3v) is 3.22. The highest BCUT2D eigenvalue weighted by molar-refractivity contribution is 8.13. The molecule has 0 aliphatic heterocycles. The monoisotopic (exact) mass is 187 g/mol. The summed E-state index contributed by atoms with van der Waals surface area (Å²) >= 11 is 1.26. The fourth-order valence-electron chi connectivity index (χ4n) is 1.80. The van der Waals surface area contributed by atoms with E-state index in [0.29, 0.717) is 0 Å². The normalized spacial score (nSPS) is 19.3. The van der Waals surface area contributed by atoms with E-state index in [0.717, 1.165) is 11.7 Å². The molecule has 0 aromatic carbocycles. The summed E-state index contributed by atoms with van der Waals surface area (Å²) in [5.41, 5.74) is 5.03. The number of carbonyl (C=O) groups excluding carboxylic acids is 1. The lowest BCUT2D eigenvalue weighted by Crippen LogP contribution is -2.09. The second kappa shape index (κ2) is 5.46. The minimum Gasteiger partial charge on any atom is -0.361 e. The molecule has 1 aliphatic carbocycles. The van der Waals surface area contributed by atoms with Crippen molar-refractivity contribution in [2.24, 2.45) is 11.7 Å². The standard InChI is InChI=1S/C9H17NOS/c10-9(11)12-7-6-8-4-2-1-3-5-8/h8H,1-7H2,(H2,10,11). The van der Waals surface area contributed by atoms with Crippen molar-refractivity contribution in [3.8, 4) is 0 Å². The average Bonchev–Trinajstić information content (AvgIpc) is 2.05. The van der Waals surface area contributed by atoms with Gasteiger partial charge in [-0.05, 0) is 12.3 Å². The molecule has 0 spiro atoms. The molecule has 1 aliphatic rings. The fraction of sp³-hybridized carbons (Fsp3) is 0.889. The molecule has 2 N–H and O–H groups in total. The van der Waals surface area contributed by atoms with Crippen LogP contribution in [0.3, 0.4) is 0 Å². The predicted molar refractivity (Wildman–Crippen MR) is 53.2 cm³/mol. The Morgan fingerprint density at radius 3 is 2.58 bits per heavy atom. The fourth-order valence-corrected chi connectivity index (χ4v) is 2.45. The van der Waals surface area contributed by atoms with Crippen LogP contribution in [0.1, 0.15) is 38.5 Å². The van der Waals surface area contributed by atoms with Crippen molar-refractivity contribution in [2.45, 2.75) is 38.5 Å². The summed E-state index contributed by atoms with van der Waals surface area (Å²) in [6, 6.07) is 0. The lowest BCUT2D eigenvalue weighted by molar-refractivity contribution is 0.267. The summed E-state index contributed by atoms with van der Waals surface area (Å²) in [5, 5.41) is -0.231. The van der Waals surface area contributed by atoms with Crippen molar-refractivity contribution in [3.05, 3.63) is 0 Å². The molecule has 0 aromatic rings. The number of nitrogens with two attached hydrogens (primary N) is 1. The maximum atomic E-state index is 10.4. The van der Waals surface area contributed by atoms with Gasteiger partial charge in [0.2, 0.25) is 0 Å². The van der Waals surface area contributed by atoms with E-state index in [1.807, 2.05) is 0 Å². The first-order valence-corrected chi connectivity index (χ1v) is 5.70. The van der Waals surface area contributed by atoms with E-state index < -0.39 is 0 Å². The molecule has 70 valence electrons. The molecule has 1 saturated carbocycles. The average molecular weight is 187 g/mol. The second-order valence-corrected chi connectivity index (χ2v) is 4.56. The summed E-state index contributed by atoms with van der Waals surface area (Å²) in [6.45, 7) is 0. The van der Waals surface area contributed by atoms with Crippen molar-refractivity contribution in [3.63, 3.8) is 0 Å². The smallest absolute Gasteiger partial charge is 0.276 e. The Kier molecular flexibility index (Phi) is 4.51. The summed E-state index contributed by atoms with van der Waals surface area (Å²) in [4.78, 5) is 10.4. The molecule has 0 heterocycles. The van der Waals surface area contributed by atoms with Crippen molar-refractivity contribution in [2.75, 3.05) is 5.75 Å². The van der Waals surface area contributed by atoms with Crippen LogP contribution in [0, 0.1) is 5.92 Å². The predicted octanol–water partition coefficient (Wildman–Crippen LogP) is 2.77. The SMILES string of the molecule is NC(=O)SCCC1CCCCC1. The molecule has 0 atom stereocenters. The van der Waals surface area contributed by atoms with Gasteiger partial charge in [0.05, 0.1) is 0 Å². The van der Waals surface area contributed by atoms with Gasteiger partial charge in [-0.25, -0.2) is 0 Å². The minimum atomic E-state index is -0.231. The van der Waals surface area contributed by atoms with Crippen LogP contribution in [-0.2, 0) is 0 Å². The maximum Gasteiger partial charge on any atom is 0.276 e. The van der Waals surface area contributed by atoms with Gasteiger partial charge in [0.25, 0.3) is 5.24 Å². The van der Waals surface area contributed by atoms with Crippen molar-refractivity contribution in [1.29, 1.82) is 0 Å². The van der Waals surface area contributed by atoms with Crippen LogP contribution < -0.4 is 5.73 Å². The zero-order valence-corrected chi connectivity index (χ0v) is 8.24. The molecule has 2 nitrogen and oxygen atoms in total. The lowest BCUT2D eigenvalue weighted by atomic mass is 9.88. The van der Waals surface area contributed by atoms with Gasteiger partial charge in [-0.2, -0.15) is 0 Å². The zero-order valence-electron chi connectivity index (χ0n) is 7.42. The van der Waals surface area contributed by atoms with E-state index in [1.54, 1.807) is 0 Å². The quantitative estimate of drug-likeness (QED) is 0.738. The molecule has 3 heteroatoms. The molecule has 0 saturated heterocycles. The number of hydrogen-bond donors (Lipinski definition) is 1. The topological polar surface area (TPSA) is 43.1 Å². The molecule has 0 unspecified atom stereocenters. The van der Waals surface area contributed by atoms with E-state index in [-0.39, 0.29) is 5.24 Å². The Hall–Kier alpha value is -0.180. The van der Waals surface area contributed by atoms with Gasteiger partial charge >= 0.3 is 0 Å². The Morgan fingerprint density at radius 1 is 1.33 bits per heavy atom. The molecule has 0 aromatic heterocycles. The number of hydrogen-bond acceptors (Lipinski definition) is 2. The van der Waals surface area contributed by atoms with Gasteiger partial charge in [0, 0.05) is 5.75 Å². The summed E-state index contributed by atoms with van der Waals surface area (Å²) in [6.07, 6.45) is 8.06. The summed E-state index contributed by atoms with van der Waals surface area (Å²) < 4.78 is 0. The maximum absolute atomic E-state index is 10.4. The van der Waals surface area contributed by atoms with Crippen LogP contribution in [0.4, 0.5) is 4.79 Å². The molecule has 1 amide bonds. The van der Waals surface area contributed by atoms with Gasteiger partial charge in [-0.3, -0.25) is 4.79 Å². The number of thioether (sulfide) groups is 1. The molecule has 12 heavy (non-hydrogen) atoms. The van der Waals surface area contributed by atoms with Crippen LogP contribution in [0.15, 0.2) is 0 Å². The number of rotatable bonds is 3. The van der Waals surface area contributed by atoms with Crippen molar-refractivity contribution < 1.29 is 4.79 Å². The van der Waals surface area contributed by atoms with E-state index in [9.17, 15) is 4.79 Å². The van der Waals surface area contributed by atoms with E-state index in [4.69, 9.17) is 5.73 Å². The van der Waals surface area contributed by atoms with E-state index in [2.05, 4.69) is 0 Å². The highest BCUT2D eigenvalue weighted by atomic mass is 32.2. The van der Waals surface area contributed by atoms with Gasteiger partial charge in [0.1, 0.15) is 0 Å². The van der Waals surface area contributed by atoms with Crippen LogP contribution in [-0.4, -0.2) is 11.0 Å². The Labute approximate surface area is 78.3 Å². The van der Waals surface area contributed by atoms with Crippen LogP contribution >= 0.6 is 11.8 Å². The molecule has 0 bridgehead atoms. The second-order valence-electron chi connectivity index (χ2n) is 3.46. The minimum absolute atomic E-state index is 0.231. The van der Waals surface area contributed by atoms with E-state index in [1.165, 1.54) is 50.3 Å². The van der Waals surface area contributed by atoms with Gasteiger partial charge in [0.15, 0.2) is 0 Å². The molecule has 1 rings (SSSR count). The first-order valence-electron chi connectivity index (χ1n) is 4.71. The summed E-state index contributed by atoms with van der Waals surface area (Å²) in [7, 11) is 0. The first kappa shape index (κ1) is 9.90. The van der Waals surface area contributed by atoms with Gasteiger partial charge < -0.3 is 5.73 Å². The van der Waals surface area contributed by atoms with Crippen LogP contribution in [0.2, 0.25) is 0 Å². The molecule has 0 radical (unpaired) electrons. The number of carbonyl (C=O) groups is 1. The highest BCUT2D eigenvalue weighted by Gasteiger charge is 2.12.